The van der Waals surface area contributed by atoms with Crippen molar-refractivity contribution in [2.45, 2.75) is 75.4 Å². The van der Waals surface area contributed by atoms with E-state index in [0.717, 1.165) is 81.5 Å². The van der Waals surface area contributed by atoms with Gasteiger partial charge in [-0.05, 0) is 125 Å². The summed E-state index contributed by atoms with van der Waals surface area (Å²) in [6.07, 6.45) is 22.2. The largest absolute Gasteiger partial charge is 0.461 e. The van der Waals surface area contributed by atoms with Crippen molar-refractivity contribution in [3.63, 3.8) is 0 Å². The lowest BCUT2D eigenvalue weighted by atomic mass is 9.92. The third-order valence-corrected chi connectivity index (χ3v) is 19.3. The van der Waals surface area contributed by atoms with Crippen LogP contribution in [0.4, 0.5) is 40.7 Å². The topological polar surface area (TPSA) is 176 Å². The Bertz CT molecular complexity index is 4630. The number of anilines is 4. The highest BCUT2D eigenvalue weighted by atomic mass is 19.1. The van der Waals surface area contributed by atoms with Gasteiger partial charge in [0.2, 0.25) is 0 Å². The molecule has 92 heavy (non-hydrogen) atoms. The summed E-state index contributed by atoms with van der Waals surface area (Å²) < 4.78 is 82.7. The number of hydrogen-bond acceptors (Lipinski definition) is 17. The second-order valence-electron chi connectivity index (χ2n) is 24.4. The lowest BCUT2D eigenvalue weighted by Crippen LogP contribution is -2.47. The van der Waals surface area contributed by atoms with E-state index in [1.54, 1.807) is 97.6 Å². The van der Waals surface area contributed by atoms with E-state index in [1.807, 2.05) is 37.3 Å². The van der Waals surface area contributed by atoms with Gasteiger partial charge in [-0.15, -0.1) is 0 Å². The number of nitrogens with zero attached hydrogens (tertiary/aromatic N) is 15. The van der Waals surface area contributed by atoms with Crippen LogP contribution in [-0.2, 0) is 0 Å². The molecule has 18 nitrogen and oxygen atoms in total. The molecule has 0 aliphatic carbocycles. The lowest BCUT2D eigenvalue weighted by Gasteiger charge is -2.37. The van der Waals surface area contributed by atoms with Crippen molar-refractivity contribution >= 4 is 84.6 Å². The second-order valence-corrected chi connectivity index (χ2v) is 24.4. The zero-order chi connectivity index (χ0) is 62.7. The number of pyridine rings is 3. The Hall–Kier alpha value is -9.80. The fraction of sp³-hybridized carbons (Fsp3) is 0.314. The first kappa shape index (κ1) is 58.6. The maximum absolute atomic E-state index is 17.8. The minimum Gasteiger partial charge on any atom is -0.461 e. The molecule has 5 aliphatic rings. The third kappa shape index (κ3) is 10.4. The summed E-state index contributed by atoms with van der Waals surface area (Å²) in [5.41, 5.74) is 2.70. The summed E-state index contributed by atoms with van der Waals surface area (Å²) in [6, 6.07) is 22.4. The highest BCUT2D eigenvalue weighted by Gasteiger charge is 2.51. The number of aliphatic imine (C=N–C) groups is 2. The maximum atomic E-state index is 17.8. The van der Waals surface area contributed by atoms with Crippen LogP contribution in [0.2, 0.25) is 0 Å². The van der Waals surface area contributed by atoms with Gasteiger partial charge in [0.25, 0.3) is 0 Å². The van der Waals surface area contributed by atoms with E-state index in [9.17, 15) is 0 Å². The normalized spacial score (nSPS) is 19.3. The molecular weight excluding hydrogens is 1170 g/mol. The zero-order valence-corrected chi connectivity index (χ0v) is 51.0. The third-order valence-electron chi connectivity index (χ3n) is 19.3. The monoisotopic (exact) mass is 1240 g/mol. The van der Waals surface area contributed by atoms with Crippen LogP contribution in [0.1, 0.15) is 75.5 Å². The number of aromatic nitrogens is 9. The van der Waals surface area contributed by atoms with Gasteiger partial charge >= 0.3 is 12.0 Å². The van der Waals surface area contributed by atoms with Crippen LogP contribution in [0, 0.1) is 23.3 Å². The van der Waals surface area contributed by atoms with E-state index in [2.05, 4.69) is 51.6 Å². The van der Waals surface area contributed by atoms with Crippen LogP contribution < -0.4 is 24.6 Å². The van der Waals surface area contributed by atoms with E-state index < -0.39 is 28.8 Å². The molecule has 5 saturated heterocycles. The summed E-state index contributed by atoms with van der Waals surface area (Å²) in [7, 11) is 1.73. The number of piperazine rings is 1. The molecule has 466 valence electrons. The molecule has 0 bridgehead atoms. The van der Waals surface area contributed by atoms with Crippen LogP contribution in [0.3, 0.4) is 0 Å². The van der Waals surface area contributed by atoms with Crippen LogP contribution in [0.15, 0.2) is 139 Å². The molecule has 0 spiro atoms. The minimum atomic E-state index is -0.754. The second kappa shape index (κ2) is 24.1. The van der Waals surface area contributed by atoms with E-state index >= 15 is 17.6 Å². The van der Waals surface area contributed by atoms with Gasteiger partial charge in [-0.25, -0.2) is 27.2 Å². The number of ether oxygens (including phenoxy) is 2. The predicted molar refractivity (Wildman–Crippen MR) is 351 cm³/mol. The van der Waals surface area contributed by atoms with E-state index in [4.69, 9.17) is 39.4 Å². The average Bonchev–Trinajstić information content (AvgIpc) is 1.81. The average molecular weight is 1240 g/mol. The van der Waals surface area contributed by atoms with E-state index in [1.165, 1.54) is 18.3 Å². The summed E-state index contributed by atoms with van der Waals surface area (Å²) in [5, 5.41) is 10.2. The molecule has 1 N–H and O–H groups in total. The Kier molecular flexibility index (Phi) is 15.3. The molecule has 10 aromatic rings. The molecule has 22 heteroatoms. The fourth-order valence-corrected chi connectivity index (χ4v) is 15.0. The molecule has 5 aliphatic heterocycles. The molecule has 15 rings (SSSR count). The Labute approximate surface area is 528 Å². The Morgan fingerprint density at radius 1 is 0.674 bits per heavy atom. The summed E-state index contributed by atoms with van der Waals surface area (Å²) in [6.45, 7) is 11.4. The molecule has 0 amide bonds. The maximum Gasteiger partial charge on any atom is 0.319 e. The molecule has 4 aromatic carbocycles. The van der Waals surface area contributed by atoms with Crippen molar-refractivity contribution in [1.82, 2.24) is 54.5 Å². The van der Waals surface area contributed by atoms with Crippen LogP contribution in [0.25, 0.3) is 71.6 Å². The zero-order valence-electron chi connectivity index (χ0n) is 51.0. The van der Waals surface area contributed by atoms with Crippen molar-refractivity contribution in [1.29, 1.82) is 0 Å². The standard InChI is InChI=1S/C70H66F4N16O2/c1-4-76-28-22-43(2)90-40-46(37-80-90)81-64-51-38-78-61(58(73)62(51)82-67(84-64)91-41-69-23-9-29-88(69)30-10-24-69)50-17-7-15-48-47(19-20-54(72)57(48)50)55-21-26-70(25-11-31-89(55)70)42-92-68-83-63-52(39-79-60(59(63)74)49-16-5-12-44-13-6-18-53(71)56(44)49)66(85-68)87-34-32-86(33-35-87)65-45(36-75-3)14-8-27-77-65/h4-8,12-20,22,27-28,36-40,55H,2,9-11,21,23-26,29-35,41-42H2,1,3H3,(H,81,82,84)/b28-22-,75-36-,76-4-. The number of halogens is 4. The SMILES string of the molecule is C=C(/C=C\N=C/C)n1cc(Nc2nc(OCC34CCCN3CCC4)nc3c(F)c(-c4cccc5c(C6CCC7(COc8nc(N9CCN(c%10ncccc%10/C=N\C)CC9)c9cnc(-c%10cccc%11cccc(F)c%10%11)c(F)c9n8)CCCN67)ccc(F)c45)ncc23)cn1. The Morgan fingerprint density at radius 3 is 2.10 bits per heavy atom. The lowest BCUT2D eigenvalue weighted by molar-refractivity contribution is 0.0849. The Morgan fingerprint density at radius 2 is 1.34 bits per heavy atom. The molecule has 2 unspecified atom stereocenters. The van der Waals surface area contributed by atoms with Crippen molar-refractivity contribution in [3.8, 4) is 34.5 Å². The fourth-order valence-electron chi connectivity index (χ4n) is 15.0. The van der Waals surface area contributed by atoms with Gasteiger partial charge in [0.05, 0.1) is 45.6 Å². The van der Waals surface area contributed by atoms with E-state index in [0.29, 0.717) is 78.1 Å². The summed E-state index contributed by atoms with van der Waals surface area (Å²) in [5.74, 6) is -0.945. The van der Waals surface area contributed by atoms with Crippen molar-refractivity contribution in [3.05, 3.63) is 163 Å². The van der Waals surface area contributed by atoms with Crippen molar-refractivity contribution < 1.29 is 27.0 Å². The van der Waals surface area contributed by atoms with Gasteiger partial charge < -0.3 is 24.6 Å². The van der Waals surface area contributed by atoms with Crippen molar-refractivity contribution in [2.24, 2.45) is 9.98 Å². The van der Waals surface area contributed by atoms with Gasteiger partial charge in [-0.3, -0.25) is 29.8 Å². The van der Waals surface area contributed by atoms with Gasteiger partial charge in [-0.2, -0.15) is 25.0 Å². The van der Waals surface area contributed by atoms with Gasteiger partial charge in [0.15, 0.2) is 11.6 Å². The molecule has 6 aromatic heterocycles. The number of nitrogens with one attached hydrogen (secondary N) is 1. The first-order valence-corrected chi connectivity index (χ1v) is 31.4. The quantitative estimate of drug-likeness (QED) is 0.0517. The highest BCUT2D eigenvalue weighted by Crippen LogP contribution is 2.51. The number of allylic oxidation sites excluding steroid dienone is 2. The Balaban J connectivity index is 0.748. The molecule has 2 atom stereocenters. The molecule has 11 heterocycles. The van der Waals surface area contributed by atoms with Gasteiger partial charge in [-0.1, -0.05) is 61.2 Å². The smallest absolute Gasteiger partial charge is 0.319 e. The summed E-state index contributed by atoms with van der Waals surface area (Å²) >= 11 is 0. The highest BCUT2D eigenvalue weighted by molar-refractivity contribution is 6.02. The number of rotatable bonds is 17. The summed E-state index contributed by atoms with van der Waals surface area (Å²) in [4.78, 5) is 51.1. The number of hydrogen-bond donors (Lipinski definition) is 1. The van der Waals surface area contributed by atoms with Crippen LogP contribution >= 0.6 is 0 Å². The van der Waals surface area contributed by atoms with Crippen LogP contribution in [0.5, 0.6) is 12.0 Å². The molecular formula is C70H66F4N16O2. The minimum absolute atomic E-state index is 0.000668. The van der Waals surface area contributed by atoms with Crippen LogP contribution in [-0.4, -0.2) is 144 Å². The predicted octanol–water partition coefficient (Wildman–Crippen LogP) is 13.1. The molecule has 0 radical (unpaired) electrons. The van der Waals surface area contributed by atoms with E-state index in [-0.39, 0.29) is 80.2 Å². The van der Waals surface area contributed by atoms with Gasteiger partial charge in [0, 0.05) is 104 Å². The first-order chi connectivity index (χ1) is 45.0. The van der Waals surface area contributed by atoms with Gasteiger partial charge in [0.1, 0.15) is 64.7 Å². The first-order valence-electron chi connectivity index (χ1n) is 31.4. The molecule has 0 saturated carbocycles. The molecule has 5 fully saturated rings. The number of benzene rings is 4. The number of fused-ring (bicyclic) bond motifs is 6. The van der Waals surface area contributed by atoms with Crippen molar-refractivity contribution in [2.75, 3.05) is 81.2 Å².